The Morgan fingerprint density at radius 1 is 0.735 bits per heavy atom. The first-order chi connectivity index (χ1) is 16.5. The highest BCUT2D eigenvalue weighted by Crippen LogP contribution is 2.63. The fourth-order valence-corrected chi connectivity index (χ4v) is 10.1. The second-order valence-electron chi connectivity index (χ2n) is 7.55. The van der Waals surface area contributed by atoms with E-state index < -0.39 is 7.26 Å². The van der Waals surface area contributed by atoms with E-state index in [1.807, 2.05) is 78.9 Å². The summed E-state index contributed by atoms with van der Waals surface area (Å²) >= 11 is 13.6. The molecule has 0 atom stereocenters. The van der Waals surface area contributed by atoms with Crippen LogP contribution in [0.15, 0.2) is 130 Å². The molecule has 0 aromatic heterocycles. The first-order valence-corrected chi connectivity index (χ1v) is 14.1. The molecule has 4 aromatic rings. The zero-order valence-electron chi connectivity index (χ0n) is 18.5. The molecule has 170 valence electrons. The molecule has 0 unspecified atom stereocenters. The predicted octanol–water partition coefficient (Wildman–Crippen LogP) is 6.24. The molecular formula is C28H23ClNOPS2. The lowest BCUT2D eigenvalue weighted by atomic mass is 10.4. The maximum absolute atomic E-state index is 12.6. The number of hydrogen-bond donors (Lipinski definition) is 1. The molecule has 0 bridgehead atoms. The van der Waals surface area contributed by atoms with Crippen LogP contribution in [0, 0.1) is 0 Å². The fraction of sp³-hybridized carbons (Fsp3) is 0.0357. The number of benzene rings is 4. The van der Waals surface area contributed by atoms with Gasteiger partial charge >= 0.3 is 0 Å². The maximum Gasteiger partial charge on any atom is 0.223 e. The number of carbonyl (C=O) groups is 1. The summed E-state index contributed by atoms with van der Waals surface area (Å²) in [6.45, 7) is 1.53. The lowest BCUT2D eigenvalue weighted by molar-refractivity contribution is -0.118. The van der Waals surface area contributed by atoms with Crippen molar-refractivity contribution in [2.24, 2.45) is 0 Å². The molecule has 0 radical (unpaired) electrons. The summed E-state index contributed by atoms with van der Waals surface area (Å²) in [6, 6.07) is 38.6. The van der Waals surface area contributed by atoms with Gasteiger partial charge in [-0.1, -0.05) is 70.4 Å². The highest BCUT2D eigenvalue weighted by atomic mass is 35.5. The number of carbonyl (C=O) groups excluding carboxylic acids is 1. The third kappa shape index (κ3) is 5.21. The van der Waals surface area contributed by atoms with Crippen LogP contribution in [0.25, 0.3) is 0 Å². The van der Waals surface area contributed by atoms with Crippen molar-refractivity contribution >= 4 is 65.1 Å². The third-order valence-corrected chi connectivity index (χ3v) is 11.4. The molecule has 0 fully saturated rings. The van der Waals surface area contributed by atoms with Gasteiger partial charge in [-0.2, -0.15) is 0 Å². The van der Waals surface area contributed by atoms with Crippen molar-refractivity contribution in [2.45, 2.75) is 11.8 Å². The Hall–Kier alpha value is -2.62. The lowest BCUT2D eigenvalue weighted by Gasteiger charge is -2.32. The monoisotopic (exact) mass is 519 g/mol. The van der Waals surface area contributed by atoms with Crippen molar-refractivity contribution in [3.63, 3.8) is 0 Å². The first-order valence-electron chi connectivity index (χ1n) is 10.7. The average Bonchev–Trinajstić information content (AvgIpc) is 2.87. The largest absolute Gasteiger partial charge is 0.767 e. The second kappa shape index (κ2) is 11.2. The number of halogens is 1. The number of amides is 1. The van der Waals surface area contributed by atoms with Gasteiger partial charge in [-0.3, -0.25) is 10.1 Å². The smallest absolute Gasteiger partial charge is 0.223 e. The average molecular weight is 520 g/mol. The van der Waals surface area contributed by atoms with E-state index in [1.165, 1.54) is 18.7 Å². The maximum atomic E-state index is 12.6. The SMILES string of the molecule is CC(=O)N/C(=C(/[S-])Sc1ccc(Cl)cc1)[P+](c1ccccc1)(c1ccccc1)c1ccccc1. The third-order valence-electron chi connectivity index (χ3n) is 5.28. The van der Waals surface area contributed by atoms with Crippen molar-refractivity contribution in [1.82, 2.24) is 5.32 Å². The topological polar surface area (TPSA) is 29.1 Å². The first kappa shape index (κ1) is 24.5. The van der Waals surface area contributed by atoms with E-state index in [2.05, 4.69) is 41.7 Å². The molecule has 1 amide bonds. The Morgan fingerprint density at radius 2 is 1.15 bits per heavy atom. The van der Waals surface area contributed by atoms with Gasteiger partial charge in [0.15, 0.2) is 12.7 Å². The molecule has 0 saturated heterocycles. The summed E-state index contributed by atoms with van der Waals surface area (Å²) in [5, 5.41) is 7.22. The number of rotatable bonds is 7. The van der Waals surface area contributed by atoms with Crippen molar-refractivity contribution in [3.8, 4) is 0 Å². The van der Waals surface area contributed by atoms with Crippen LogP contribution in [0.5, 0.6) is 0 Å². The van der Waals surface area contributed by atoms with Crippen LogP contribution in [0.3, 0.4) is 0 Å². The molecule has 4 aromatic carbocycles. The zero-order valence-corrected chi connectivity index (χ0v) is 21.8. The van der Waals surface area contributed by atoms with E-state index >= 15 is 0 Å². The van der Waals surface area contributed by atoms with E-state index in [1.54, 1.807) is 0 Å². The van der Waals surface area contributed by atoms with Crippen LogP contribution in [0.1, 0.15) is 6.92 Å². The summed E-state index contributed by atoms with van der Waals surface area (Å²) in [5.41, 5.74) is 0.763. The van der Waals surface area contributed by atoms with Crippen LogP contribution in [-0.2, 0) is 17.4 Å². The summed E-state index contributed by atoms with van der Waals surface area (Å²) < 4.78 is 0.627. The minimum absolute atomic E-state index is 0.152. The standard InChI is InChI=1S/C28H23ClNOPS2/c1-21(31)30-27(28(33)34-26-19-17-22(29)18-20-26)32(23-11-5-2-6-12-23,24-13-7-3-8-14-24)25-15-9-4-10-16-25/h2-20H,1H3,(H-,30,31,33)/b28-27+. The van der Waals surface area contributed by atoms with Gasteiger partial charge in [0, 0.05) is 16.8 Å². The summed E-state index contributed by atoms with van der Waals surface area (Å²) in [5.74, 6) is -0.152. The Balaban J connectivity index is 2.07. The molecule has 0 heterocycles. The molecule has 34 heavy (non-hydrogen) atoms. The van der Waals surface area contributed by atoms with Crippen molar-refractivity contribution in [1.29, 1.82) is 0 Å². The molecule has 0 aliphatic heterocycles. The molecule has 1 N–H and O–H groups in total. The molecule has 2 nitrogen and oxygen atoms in total. The quantitative estimate of drug-likeness (QED) is 0.178. The predicted molar refractivity (Wildman–Crippen MR) is 151 cm³/mol. The molecule has 0 aliphatic rings. The molecule has 6 heteroatoms. The van der Waals surface area contributed by atoms with Gasteiger partial charge in [-0.15, -0.1) is 11.8 Å². The molecule has 0 saturated carbocycles. The summed E-state index contributed by atoms with van der Waals surface area (Å²) in [4.78, 5) is 13.6. The van der Waals surface area contributed by atoms with Gasteiger partial charge in [0.25, 0.3) is 0 Å². The minimum Gasteiger partial charge on any atom is -0.767 e. The van der Waals surface area contributed by atoms with Crippen LogP contribution in [0.4, 0.5) is 0 Å². The number of nitrogens with one attached hydrogen (secondary N) is 1. The Bertz CT molecular complexity index is 1180. The minimum atomic E-state index is -2.52. The zero-order chi connectivity index (χ0) is 24.0. The summed E-state index contributed by atoms with van der Waals surface area (Å²) in [6.07, 6.45) is 0. The fourth-order valence-electron chi connectivity index (χ4n) is 3.89. The molecule has 4 rings (SSSR count). The van der Waals surface area contributed by atoms with Gasteiger partial charge in [-0.05, 0) is 60.7 Å². The van der Waals surface area contributed by atoms with Crippen LogP contribution in [-0.4, -0.2) is 5.91 Å². The molecule has 0 aliphatic carbocycles. The number of hydrogen-bond acceptors (Lipinski definition) is 3. The van der Waals surface area contributed by atoms with Crippen LogP contribution in [0.2, 0.25) is 5.02 Å². The van der Waals surface area contributed by atoms with Crippen molar-refractivity contribution in [2.75, 3.05) is 0 Å². The lowest BCUT2D eigenvalue weighted by Crippen LogP contribution is -2.38. The van der Waals surface area contributed by atoms with E-state index in [4.69, 9.17) is 24.2 Å². The van der Waals surface area contributed by atoms with E-state index in [0.717, 1.165) is 26.2 Å². The van der Waals surface area contributed by atoms with E-state index in [9.17, 15) is 4.79 Å². The van der Waals surface area contributed by atoms with Gasteiger partial charge in [0.1, 0.15) is 15.9 Å². The van der Waals surface area contributed by atoms with Crippen LogP contribution >= 0.6 is 30.6 Å². The van der Waals surface area contributed by atoms with Crippen molar-refractivity contribution < 1.29 is 4.79 Å². The van der Waals surface area contributed by atoms with Gasteiger partial charge in [0.05, 0.1) is 0 Å². The second-order valence-corrected chi connectivity index (χ2v) is 13.1. The van der Waals surface area contributed by atoms with E-state index in [0.29, 0.717) is 9.26 Å². The van der Waals surface area contributed by atoms with Gasteiger partial charge < -0.3 is 12.6 Å². The van der Waals surface area contributed by atoms with Gasteiger partial charge in [0.2, 0.25) is 5.91 Å². The van der Waals surface area contributed by atoms with Gasteiger partial charge in [-0.25, -0.2) is 0 Å². The Kier molecular flexibility index (Phi) is 8.07. The van der Waals surface area contributed by atoms with Crippen molar-refractivity contribution in [3.05, 3.63) is 130 Å². The number of thioether (sulfide) groups is 1. The molecular weight excluding hydrogens is 497 g/mol. The highest BCUT2D eigenvalue weighted by Gasteiger charge is 2.50. The molecule has 0 spiro atoms. The van der Waals surface area contributed by atoms with E-state index in [-0.39, 0.29) is 5.91 Å². The Labute approximate surface area is 216 Å². The summed E-state index contributed by atoms with van der Waals surface area (Å²) in [7, 11) is -2.52. The highest BCUT2D eigenvalue weighted by molar-refractivity contribution is 8.12. The Morgan fingerprint density at radius 3 is 1.53 bits per heavy atom. The van der Waals surface area contributed by atoms with Crippen LogP contribution < -0.4 is 21.2 Å². The normalized spacial score (nSPS) is 12.1.